The Kier molecular flexibility index (Phi) is 58.3. The van der Waals surface area contributed by atoms with Crippen LogP contribution in [0, 0.1) is 0 Å². The number of carbonyl (C=O) groups is 3. The Hall–Kier alpha value is -3.41. The first-order valence-corrected chi connectivity index (χ1v) is 31.1. The van der Waals surface area contributed by atoms with Crippen LogP contribution in [-0.2, 0) is 28.6 Å². The van der Waals surface area contributed by atoms with Crippen molar-refractivity contribution in [1.29, 1.82) is 0 Å². The first-order chi connectivity index (χ1) is 36.0. The van der Waals surface area contributed by atoms with E-state index in [0.717, 1.165) is 122 Å². The fraction of sp³-hybridized carbons (Fsp3) is 0.746. The van der Waals surface area contributed by atoms with E-state index in [9.17, 15) is 14.4 Å². The zero-order valence-corrected chi connectivity index (χ0v) is 48.1. The van der Waals surface area contributed by atoms with Gasteiger partial charge in [0.05, 0.1) is 0 Å². The van der Waals surface area contributed by atoms with E-state index in [1.807, 2.05) is 0 Å². The Bertz CT molecular complexity index is 1400. The minimum atomic E-state index is -0.782. The highest BCUT2D eigenvalue weighted by Gasteiger charge is 2.19. The Morgan fingerprint density at radius 1 is 0.288 bits per heavy atom. The van der Waals surface area contributed by atoms with Gasteiger partial charge in [0.15, 0.2) is 6.10 Å². The maximum absolute atomic E-state index is 12.9. The van der Waals surface area contributed by atoms with Crippen molar-refractivity contribution in [2.24, 2.45) is 0 Å². The zero-order valence-electron chi connectivity index (χ0n) is 48.1. The van der Waals surface area contributed by atoms with Crippen LogP contribution in [-0.4, -0.2) is 37.2 Å². The van der Waals surface area contributed by atoms with Crippen LogP contribution in [0.15, 0.2) is 85.1 Å². The van der Waals surface area contributed by atoms with E-state index in [0.29, 0.717) is 19.3 Å². The third-order valence-electron chi connectivity index (χ3n) is 13.4. The van der Waals surface area contributed by atoms with Gasteiger partial charge in [-0.05, 0) is 77.0 Å². The van der Waals surface area contributed by atoms with E-state index in [1.165, 1.54) is 141 Å². The second-order valence-electron chi connectivity index (χ2n) is 20.6. The maximum Gasteiger partial charge on any atom is 0.306 e. The molecule has 0 radical (unpaired) electrons. The summed E-state index contributed by atoms with van der Waals surface area (Å²) in [5, 5.41) is 0. The third kappa shape index (κ3) is 59.3. The van der Waals surface area contributed by atoms with Crippen molar-refractivity contribution in [3.8, 4) is 0 Å². The van der Waals surface area contributed by atoms with Crippen molar-refractivity contribution in [2.75, 3.05) is 13.2 Å². The summed E-state index contributed by atoms with van der Waals surface area (Å²) < 4.78 is 16.9. The molecule has 0 saturated heterocycles. The second-order valence-corrected chi connectivity index (χ2v) is 20.6. The van der Waals surface area contributed by atoms with Crippen molar-refractivity contribution < 1.29 is 28.6 Å². The van der Waals surface area contributed by atoms with Crippen molar-refractivity contribution in [2.45, 2.75) is 309 Å². The van der Waals surface area contributed by atoms with E-state index in [4.69, 9.17) is 14.2 Å². The van der Waals surface area contributed by atoms with Crippen LogP contribution in [0.5, 0.6) is 0 Å². The molecule has 0 aliphatic heterocycles. The number of hydrogen-bond donors (Lipinski definition) is 0. The van der Waals surface area contributed by atoms with Crippen LogP contribution in [0.2, 0.25) is 0 Å². The standard InChI is InChI=1S/C67H116O6/c1-4-7-10-13-16-19-22-25-27-28-29-30-31-32-33-34-35-36-37-38-40-42-45-48-51-54-57-60-66(69)72-63-64(62-71-65(68)59-56-53-50-47-44-41-24-21-18-15-12-9-6-3)73-67(70)61-58-55-52-49-46-43-39-26-23-20-17-14-11-8-5-2/h7,10,16,19,25,27,29-30,32-33,35-36,38,40,64H,4-6,8-9,11-15,17-18,20-24,26,28,31,34,37,39,41-63H2,1-3H3/b10-7-,19-16-,27-25-,30-29-,33-32-,36-35-,40-38-. The molecule has 73 heavy (non-hydrogen) atoms. The summed E-state index contributed by atoms with van der Waals surface area (Å²) in [6.07, 6.45) is 80.1. The lowest BCUT2D eigenvalue weighted by atomic mass is 10.0. The molecule has 0 aromatic carbocycles. The molecule has 0 bridgehead atoms. The number of esters is 3. The summed E-state index contributed by atoms with van der Waals surface area (Å²) in [5.74, 6) is -0.885. The van der Waals surface area contributed by atoms with E-state index in [1.54, 1.807) is 0 Å². The number of hydrogen-bond acceptors (Lipinski definition) is 6. The molecule has 0 heterocycles. The van der Waals surface area contributed by atoms with Crippen LogP contribution in [0.1, 0.15) is 303 Å². The summed E-state index contributed by atoms with van der Waals surface area (Å²) in [4.78, 5) is 38.2. The largest absolute Gasteiger partial charge is 0.462 e. The van der Waals surface area contributed by atoms with Gasteiger partial charge in [-0.15, -0.1) is 0 Å². The third-order valence-corrected chi connectivity index (χ3v) is 13.4. The Morgan fingerprint density at radius 2 is 0.534 bits per heavy atom. The molecule has 0 fully saturated rings. The first kappa shape index (κ1) is 69.6. The second kappa shape index (κ2) is 61.1. The molecule has 0 aromatic heterocycles. The number of unbranched alkanes of at least 4 members (excludes halogenated alkanes) is 31. The minimum absolute atomic E-state index is 0.0784. The number of allylic oxidation sites excluding steroid dienone is 14. The lowest BCUT2D eigenvalue weighted by molar-refractivity contribution is -0.167. The van der Waals surface area contributed by atoms with Crippen molar-refractivity contribution >= 4 is 17.9 Å². The van der Waals surface area contributed by atoms with E-state index in [2.05, 4.69) is 106 Å². The molecular formula is C67H116O6. The summed E-state index contributed by atoms with van der Waals surface area (Å²) in [6.45, 7) is 6.54. The van der Waals surface area contributed by atoms with Crippen LogP contribution >= 0.6 is 0 Å². The van der Waals surface area contributed by atoms with Gasteiger partial charge in [0, 0.05) is 19.3 Å². The van der Waals surface area contributed by atoms with Gasteiger partial charge in [0.1, 0.15) is 13.2 Å². The maximum atomic E-state index is 12.9. The van der Waals surface area contributed by atoms with Gasteiger partial charge < -0.3 is 14.2 Å². The number of rotatable bonds is 56. The predicted octanol–water partition coefficient (Wildman–Crippen LogP) is 21.1. The quantitative estimate of drug-likeness (QED) is 0.0261. The van der Waals surface area contributed by atoms with Gasteiger partial charge in [0.2, 0.25) is 0 Å². The van der Waals surface area contributed by atoms with Gasteiger partial charge in [0.25, 0.3) is 0 Å². The van der Waals surface area contributed by atoms with E-state index >= 15 is 0 Å². The van der Waals surface area contributed by atoms with Crippen LogP contribution in [0.4, 0.5) is 0 Å². The minimum Gasteiger partial charge on any atom is -0.462 e. The Morgan fingerprint density at radius 3 is 0.836 bits per heavy atom. The van der Waals surface area contributed by atoms with Crippen molar-refractivity contribution in [1.82, 2.24) is 0 Å². The molecule has 0 aliphatic rings. The number of ether oxygens (including phenoxy) is 3. The molecule has 0 aliphatic carbocycles. The van der Waals surface area contributed by atoms with Gasteiger partial charge in [-0.25, -0.2) is 0 Å². The van der Waals surface area contributed by atoms with Crippen LogP contribution in [0.25, 0.3) is 0 Å². The molecule has 6 nitrogen and oxygen atoms in total. The SMILES string of the molecule is CC/C=C\C/C=C\C/C=C\C/C=C\C/C=C\C/C=C\C/C=C\CCCCCCCC(=O)OCC(COC(=O)CCCCCCCCCCCCCCC)OC(=O)CCCCCCCCCCCCCCCCC. The average Bonchev–Trinajstić information content (AvgIpc) is 3.39. The molecule has 420 valence electrons. The Balaban J connectivity index is 4.33. The molecule has 6 heteroatoms. The molecule has 0 amide bonds. The lowest BCUT2D eigenvalue weighted by Gasteiger charge is -2.18. The summed E-state index contributed by atoms with van der Waals surface area (Å²) in [6, 6.07) is 0. The fourth-order valence-corrected chi connectivity index (χ4v) is 8.78. The highest BCUT2D eigenvalue weighted by atomic mass is 16.6. The topological polar surface area (TPSA) is 78.9 Å². The highest BCUT2D eigenvalue weighted by Crippen LogP contribution is 2.16. The van der Waals surface area contributed by atoms with Gasteiger partial charge in [-0.1, -0.05) is 292 Å². The molecular weight excluding hydrogens is 901 g/mol. The average molecular weight is 1020 g/mol. The predicted molar refractivity (Wildman–Crippen MR) is 316 cm³/mol. The molecule has 0 spiro atoms. The fourth-order valence-electron chi connectivity index (χ4n) is 8.78. The summed E-state index contributed by atoms with van der Waals surface area (Å²) >= 11 is 0. The monoisotopic (exact) mass is 1020 g/mol. The molecule has 1 unspecified atom stereocenters. The summed E-state index contributed by atoms with van der Waals surface area (Å²) in [5.41, 5.74) is 0. The van der Waals surface area contributed by atoms with Crippen LogP contribution in [0.3, 0.4) is 0 Å². The molecule has 0 saturated carbocycles. The van der Waals surface area contributed by atoms with Gasteiger partial charge >= 0.3 is 17.9 Å². The highest BCUT2D eigenvalue weighted by molar-refractivity contribution is 5.71. The van der Waals surface area contributed by atoms with Crippen LogP contribution < -0.4 is 0 Å². The van der Waals surface area contributed by atoms with Gasteiger partial charge in [-0.2, -0.15) is 0 Å². The smallest absolute Gasteiger partial charge is 0.306 e. The lowest BCUT2D eigenvalue weighted by Crippen LogP contribution is -2.30. The molecule has 0 aromatic rings. The van der Waals surface area contributed by atoms with Crippen molar-refractivity contribution in [3.63, 3.8) is 0 Å². The Labute approximate surface area is 452 Å². The first-order valence-electron chi connectivity index (χ1n) is 31.1. The molecule has 1 atom stereocenters. The van der Waals surface area contributed by atoms with Crippen molar-refractivity contribution in [3.05, 3.63) is 85.1 Å². The number of carbonyl (C=O) groups excluding carboxylic acids is 3. The normalized spacial score (nSPS) is 12.6. The van der Waals surface area contributed by atoms with Gasteiger partial charge in [-0.3, -0.25) is 14.4 Å². The molecule has 0 N–H and O–H groups in total. The zero-order chi connectivity index (χ0) is 52.9. The van der Waals surface area contributed by atoms with E-state index in [-0.39, 0.29) is 31.1 Å². The molecule has 0 rings (SSSR count). The van der Waals surface area contributed by atoms with E-state index < -0.39 is 6.10 Å². The summed E-state index contributed by atoms with van der Waals surface area (Å²) in [7, 11) is 0.